The summed E-state index contributed by atoms with van der Waals surface area (Å²) in [4.78, 5) is 4.50. The van der Waals surface area contributed by atoms with Crippen molar-refractivity contribution in [1.82, 2.24) is 9.55 Å². The predicted octanol–water partition coefficient (Wildman–Crippen LogP) is 3.43. The molecule has 3 unspecified atom stereocenters. The number of rotatable bonds is 3. The average molecular weight is 357 g/mol. The van der Waals surface area contributed by atoms with Crippen molar-refractivity contribution >= 4 is 17.0 Å². The highest BCUT2D eigenvalue weighted by atomic mass is 16.8. The Morgan fingerprint density at radius 3 is 2.69 bits per heavy atom. The fourth-order valence-corrected chi connectivity index (χ4v) is 3.76. The van der Waals surface area contributed by atoms with E-state index in [2.05, 4.69) is 31.8 Å². The van der Waals surface area contributed by atoms with Crippen LogP contribution in [0.2, 0.25) is 0 Å². The maximum atomic E-state index is 6.27. The smallest absolute Gasteiger partial charge is 0.201 e. The lowest BCUT2D eigenvalue weighted by atomic mass is 10.1. The summed E-state index contributed by atoms with van der Waals surface area (Å²) in [7, 11) is 0. The van der Waals surface area contributed by atoms with Crippen molar-refractivity contribution in [3.8, 4) is 0 Å². The Bertz CT molecular complexity index is 863. The Kier molecular flexibility index (Phi) is 3.91. The van der Waals surface area contributed by atoms with Gasteiger partial charge in [-0.25, -0.2) is 4.98 Å². The van der Waals surface area contributed by atoms with Gasteiger partial charge in [0.1, 0.15) is 12.2 Å². The van der Waals surface area contributed by atoms with Crippen molar-refractivity contribution in [3.05, 3.63) is 35.9 Å². The quantitative estimate of drug-likeness (QED) is 0.852. The van der Waals surface area contributed by atoms with Gasteiger partial charge in [-0.05, 0) is 52.3 Å². The second kappa shape index (κ2) is 5.81. The number of nitrogens with zero attached hydrogens (tertiary/aromatic N) is 2. The van der Waals surface area contributed by atoms with Crippen LogP contribution in [0.15, 0.2) is 35.9 Å². The molecule has 0 amide bonds. The van der Waals surface area contributed by atoms with E-state index < -0.39 is 5.79 Å². The molecular weight excluding hydrogens is 330 g/mol. The molecule has 2 N–H and O–H groups in total. The van der Waals surface area contributed by atoms with E-state index in [1.807, 2.05) is 42.7 Å². The molecule has 1 fully saturated rings. The SMILES string of the molecule is CC(C)(C)OCC1=CC(n2c(N)nc3ccccc32)C2OC(C)(C)OC12. The second-order valence-electron chi connectivity index (χ2n) is 8.48. The summed E-state index contributed by atoms with van der Waals surface area (Å²) in [5.74, 6) is -0.155. The number of ether oxygens (including phenoxy) is 3. The summed E-state index contributed by atoms with van der Waals surface area (Å²) in [5, 5.41) is 0. The number of benzene rings is 1. The first-order chi connectivity index (χ1) is 12.1. The number of nitrogen functional groups attached to an aromatic ring is 1. The fraction of sp³-hybridized carbons (Fsp3) is 0.550. The molecule has 3 atom stereocenters. The van der Waals surface area contributed by atoms with E-state index in [4.69, 9.17) is 19.9 Å². The molecule has 140 valence electrons. The van der Waals surface area contributed by atoms with Gasteiger partial charge in [0.05, 0.1) is 29.3 Å². The number of fused-ring (bicyclic) bond motifs is 2. The van der Waals surface area contributed by atoms with E-state index in [1.54, 1.807) is 0 Å². The molecule has 0 bridgehead atoms. The van der Waals surface area contributed by atoms with Gasteiger partial charge in [-0.3, -0.25) is 0 Å². The summed E-state index contributed by atoms with van der Waals surface area (Å²) in [5.41, 5.74) is 9.02. The van der Waals surface area contributed by atoms with Gasteiger partial charge in [0.25, 0.3) is 0 Å². The fourth-order valence-electron chi connectivity index (χ4n) is 3.76. The van der Waals surface area contributed by atoms with E-state index >= 15 is 0 Å². The van der Waals surface area contributed by atoms with Gasteiger partial charge < -0.3 is 24.5 Å². The van der Waals surface area contributed by atoms with Crippen LogP contribution in [0.5, 0.6) is 0 Å². The third-order valence-corrected chi connectivity index (χ3v) is 4.81. The molecule has 0 saturated carbocycles. The van der Waals surface area contributed by atoms with Crippen LogP contribution >= 0.6 is 0 Å². The molecule has 1 aromatic heterocycles. The largest absolute Gasteiger partial charge is 0.371 e. The summed E-state index contributed by atoms with van der Waals surface area (Å²) >= 11 is 0. The van der Waals surface area contributed by atoms with Gasteiger partial charge in [-0.2, -0.15) is 0 Å². The minimum absolute atomic E-state index is 0.0762. The second-order valence-corrected chi connectivity index (χ2v) is 8.48. The number of hydrogen-bond acceptors (Lipinski definition) is 5. The van der Waals surface area contributed by atoms with E-state index in [0.29, 0.717) is 12.6 Å². The molecule has 1 saturated heterocycles. The van der Waals surface area contributed by atoms with Crippen LogP contribution < -0.4 is 5.73 Å². The first-order valence-corrected chi connectivity index (χ1v) is 9.07. The molecule has 26 heavy (non-hydrogen) atoms. The van der Waals surface area contributed by atoms with Crippen molar-refractivity contribution < 1.29 is 14.2 Å². The first-order valence-electron chi connectivity index (χ1n) is 9.07. The van der Waals surface area contributed by atoms with Crippen LogP contribution in [0.25, 0.3) is 11.0 Å². The Morgan fingerprint density at radius 1 is 1.23 bits per heavy atom. The zero-order chi connectivity index (χ0) is 18.7. The number of nitrogens with two attached hydrogens (primary N) is 1. The van der Waals surface area contributed by atoms with Gasteiger partial charge in [-0.15, -0.1) is 0 Å². The lowest BCUT2D eigenvalue weighted by Gasteiger charge is -2.23. The highest BCUT2D eigenvalue weighted by Gasteiger charge is 2.51. The maximum absolute atomic E-state index is 6.27. The van der Waals surface area contributed by atoms with Crippen LogP contribution in [-0.2, 0) is 14.2 Å². The molecule has 2 aromatic rings. The molecule has 0 spiro atoms. The highest BCUT2D eigenvalue weighted by Crippen LogP contribution is 2.45. The molecule has 2 heterocycles. The van der Waals surface area contributed by atoms with Crippen molar-refractivity contribution in [2.24, 2.45) is 0 Å². The number of hydrogen-bond donors (Lipinski definition) is 1. The average Bonchev–Trinajstić information content (AvgIpc) is 3.12. The molecule has 6 nitrogen and oxygen atoms in total. The first kappa shape index (κ1) is 17.5. The van der Waals surface area contributed by atoms with E-state index in [1.165, 1.54) is 0 Å². The number of anilines is 1. The van der Waals surface area contributed by atoms with Crippen molar-refractivity contribution in [2.45, 2.75) is 64.3 Å². The topological polar surface area (TPSA) is 71.5 Å². The van der Waals surface area contributed by atoms with Crippen molar-refractivity contribution in [3.63, 3.8) is 0 Å². The van der Waals surface area contributed by atoms with Gasteiger partial charge in [0.2, 0.25) is 5.95 Å². The summed E-state index contributed by atoms with van der Waals surface area (Å²) in [6.07, 6.45) is 1.88. The molecule has 1 aromatic carbocycles. The monoisotopic (exact) mass is 357 g/mol. The summed E-state index contributed by atoms with van der Waals surface area (Å²) in [6, 6.07) is 7.89. The molecule has 6 heteroatoms. The molecule has 4 rings (SSSR count). The van der Waals surface area contributed by atoms with Crippen molar-refractivity contribution in [1.29, 1.82) is 0 Å². The van der Waals surface area contributed by atoms with E-state index in [9.17, 15) is 0 Å². The standard InChI is InChI=1S/C20H27N3O3/c1-19(2,3)24-11-12-10-15(17-16(12)25-20(4,5)26-17)23-14-9-7-6-8-13(14)22-18(23)21/h6-10,15-17H,11H2,1-5H3,(H2,21,22). The lowest BCUT2D eigenvalue weighted by Crippen LogP contribution is -2.29. The zero-order valence-electron chi connectivity index (χ0n) is 16.0. The van der Waals surface area contributed by atoms with Crippen LogP contribution in [0.3, 0.4) is 0 Å². The van der Waals surface area contributed by atoms with Gasteiger partial charge >= 0.3 is 0 Å². The number of aromatic nitrogens is 2. The zero-order valence-corrected chi connectivity index (χ0v) is 16.0. The summed E-state index contributed by atoms with van der Waals surface area (Å²) in [6.45, 7) is 10.5. The molecular formula is C20H27N3O3. The van der Waals surface area contributed by atoms with Gasteiger partial charge in [0, 0.05) is 0 Å². The number of para-hydroxylation sites is 2. The Hall–Kier alpha value is -1.89. The number of imidazole rings is 1. The minimum atomic E-state index is -0.639. The van der Waals surface area contributed by atoms with Crippen LogP contribution in [-0.4, -0.2) is 39.8 Å². The van der Waals surface area contributed by atoms with E-state index in [0.717, 1.165) is 16.6 Å². The Labute approximate surface area is 153 Å². The molecule has 0 radical (unpaired) electrons. The maximum Gasteiger partial charge on any atom is 0.201 e. The third-order valence-electron chi connectivity index (χ3n) is 4.81. The molecule has 1 aliphatic heterocycles. The highest BCUT2D eigenvalue weighted by molar-refractivity contribution is 5.78. The minimum Gasteiger partial charge on any atom is -0.371 e. The Balaban J connectivity index is 1.74. The van der Waals surface area contributed by atoms with Gasteiger partial charge in [-0.1, -0.05) is 18.2 Å². The molecule has 2 aliphatic rings. The van der Waals surface area contributed by atoms with Crippen LogP contribution in [0.4, 0.5) is 5.95 Å². The lowest BCUT2D eigenvalue weighted by molar-refractivity contribution is -0.148. The third kappa shape index (κ3) is 3.02. The van der Waals surface area contributed by atoms with Gasteiger partial charge in [0.15, 0.2) is 5.79 Å². The summed E-state index contributed by atoms with van der Waals surface area (Å²) < 4.78 is 20.5. The van der Waals surface area contributed by atoms with Crippen LogP contribution in [0, 0.1) is 0 Å². The van der Waals surface area contributed by atoms with Crippen molar-refractivity contribution in [2.75, 3.05) is 12.3 Å². The predicted molar refractivity (Wildman–Crippen MR) is 101 cm³/mol. The van der Waals surface area contributed by atoms with E-state index in [-0.39, 0.29) is 23.9 Å². The Morgan fingerprint density at radius 2 is 1.96 bits per heavy atom. The molecule has 1 aliphatic carbocycles. The van der Waals surface area contributed by atoms with Crippen LogP contribution in [0.1, 0.15) is 40.7 Å². The normalized spacial score (nSPS) is 27.7.